The van der Waals surface area contributed by atoms with Crippen LogP contribution in [-0.2, 0) is 9.53 Å². The highest BCUT2D eigenvalue weighted by molar-refractivity contribution is 5.90. The molecule has 1 amide bonds. The molecule has 1 unspecified atom stereocenters. The van der Waals surface area contributed by atoms with Crippen LogP contribution in [0.25, 0.3) is 10.8 Å². The smallest absolute Gasteiger partial charge is 0.272 e. The van der Waals surface area contributed by atoms with Crippen molar-refractivity contribution in [2.45, 2.75) is 19.8 Å². The number of carbonyl (C=O) groups is 1. The van der Waals surface area contributed by atoms with Crippen molar-refractivity contribution < 1.29 is 9.53 Å². The van der Waals surface area contributed by atoms with Crippen molar-refractivity contribution in [3.05, 3.63) is 40.3 Å². The molecule has 0 aliphatic carbocycles. The van der Waals surface area contributed by atoms with Gasteiger partial charge in [0.1, 0.15) is 0 Å². The zero-order valence-electron chi connectivity index (χ0n) is 12.7. The standard InChI is InChI=1S/C16H19N3O3/c1-10(14(20)17-7-16(2)8-22-9-16)13-11-5-3-4-6-12(11)15(21)19-18-13/h3-6,10H,7-9H2,1-2H3,(H,17,20)(H,19,21). The molecule has 1 aromatic carbocycles. The predicted molar refractivity (Wildman–Crippen MR) is 82.7 cm³/mol. The molecule has 3 rings (SSSR count). The van der Waals surface area contributed by atoms with Crippen molar-refractivity contribution in [2.75, 3.05) is 19.8 Å². The number of amides is 1. The number of fused-ring (bicyclic) bond motifs is 1. The number of rotatable bonds is 4. The highest BCUT2D eigenvalue weighted by Crippen LogP contribution is 2.26. The van der Waals surface area contributed by atoms with Gasteiger partial charge in [-0.25, -0.2) is 5.10 Å². The number of carbonyl (C=O) groups excluding carboxylic acids is 1. The van der Waals surface area contributed by atoms with E-state index in [4.69, 9.17) is 4.74 Å². The Morgan fingerprint density at radius 2 is 2.09 bits per heavy atom. The maximum Gasteiger partial charge on any atom is 0.272 e. The van der Waals surface area contributed by atoms with E-state index in [1.807, 2.05) is 12.1 Å². The van der Waals surface area contributed by atoms with Gasteiger partial charge >= 0.3 is 0 Å². The number of benzene rings is 1. The minimum atomic E-state index is -0.439. The first kappa shape index (κ1) is 14.7. The number of ether oxygens (including phenoxy) is 1. The first-order valence-corrected chi connectivity index (χ1v) is 7.33. The summed E-state index contributed by atoms with van der Waals surface area (Å²) in [5, 5.41) is 10.8. The summed E-state index contributed by atoms with van der Waals surface area (Å²) in [7, 11) is 0. The van der Waals surface area contributed by atoms with Crippen LogP contribution >= 0.6 is 0 Å². The van der Waals surface area contributed by atoms with E-state index in [1.54, 1.807) is 19.1 Å². The Balaban J connectivity index is 1.82. The summed E-state index contributed by atoms with van der Waals surface area (Å²) in [6, 6.07) is 7.18. The molecule has 22 heavy (non-hydrogen) atoms. The molecule has 0 spiro atoms. The quantitative estimate of drug-likeness (QED) is 0.888. The molecule has 1 aliphatic rings. The van der Waals surface area contributed by atoms with Crippen molar-refractivity contribution >= 4 is 16.7 Å². The molecule has 116 valence electrons. The molecule has 1 aromatic heterocycles. The molecule has 1 fully saturated rings. The van der Waals surface area contributed by atoms with Crippen LogP contribution in [0.1, 0.15) is 25.5 Å². The van der Waals surface area contributed by atoms with Gasteiger partial charge < -0.3 is 10.1 Å². The molecule has 0 radical (unpaired) electrons. The maximum atomic E-state index is 12.4. The fourth-order valence-corrected chi connectivity index (χ4v) is 2.60. The van der Waals surface area contributed by atoms with Gasteiger partial charge in [0.05, 0.1) is 30.2 Å². The second kappa shape index (κ2) is 5.53. The third-order valence-electron chi connectivity index (χ3n) is 4.12. The number of H-pyrrole nitrogens is 1. The fraction of sp³-hybridized carbons (Fsp3) is 0.438. The summed E-state index contributed by atoms with van der Waals surface area (Å²) in [5.41, 5.74) is 0.365. The minimum absolute atomic E-state index is 0.0237. The van der Waals surface area contributed by atoms with Gasteiger partial charge in [-0.2, -0.15) is 5.10 Å². The Hall–Kier alpha value is -2.21. The largest absolute Gasteiger partial charge is 0.380 e. The van der Waals surface area contributed by atoms with Gasteiger partial charge in [-0.15, -0.1) is 0 Å². The highest BCUT2D eigenvalue weighted by Gasteiger charge is 2.34. The van der Waals surface area contributed by atoms with Crippen LogP contribution in [0.5, 0.6) is 0 Å². The van der Waals surface area contributed by atoms with Gasteiger partial charge in [0.15, 0.2) is 0 Å². The number of nitrogens with one attached hydrogen (secondary N) is 2. The second-order valence-electron chi connectivity index (χ2n) is 6.23. The van der Waals surface area contributed by atoms with E-state index >= 15 is 0 Å². The monoisotopic (exact) mass is 301 g/mol. The zero-order chi connectivity index (χ0) is 15.7. The molecule has 2 heterocycles. The van der Waals surface area contributed by atoms with E-state index in [0.29, 0.717) is 36.2 Å². The lowest BCUT2D eigenvalue weighted by atomic mass is 9.88. The number of aromatic nitrogens is 2. The van der Waals surface area contributed by atoms with Crippen LogP contribution < -0.4 is 10.9 Å². The van der Waals surface area contributed by atoms with Gasteiger partial charge in [-0.3, -0.25) is 9.59 Å². The number of hydrogen-bond acceptors (Lipinski definition) is 4. The van der Waals surface area contributed by atoms with E-state index in [-0.39, 0.29) is 16.9 Å². The molecule has 0 saturated carbocycles. The summed E-state index contributed by atoms with van der Waals surface area (Å²) in [6.45, 7) is 5.79. The summed E-state index contributed by atoms with van der Waals surface area (Å²) in [6.07, 6.45) is 0. The Bertz CT molecular complexity index is 765. The first-order chi connectivity index (χ1) is 10.5. The van der Waals surface area contributed by atoms with E-state index in [0.717, 1.165) is 0 Å². The average Bonchev–Trinajstić information content (AvgIpc) is 2.51. The van der Waals surface area contributed by atoms with Crippen LogP contribution in [0.15, 0.2) is 29.1 Å². The van der Waals surface area contributed by atoms with E-state index in [1.165, 1.54) is 0 Å². The second-order valence-corrected chi connectivity index (χ2v) is 6.23. The fourth-order valence-electron chi connectivity index (χ4n) is 2.60. The predicted octanol–water partition coefficient (Wildman–Crippen LogP) is 1.18. The molecule has 6 heteroatoms. The zero-order valence-corrected chi connectivity index (χ0v) is 12.7. The van der Waals surface area contributed by atoms with Crippen molar-refractivity contribution in [3.63, 3.8) is 0 Å². The first-order valence-electron chi connectivity index (χ1n) is 7.33. The van der Waals surface area contributed by atoms with Crippen LogP contribution in [0.3, 0.4) is 0 Å². The summed E-state index contributed by atoms with van der Waals surface area (Å²) < 4.78 is 5.18. The average molecular weight is 301 g/mol. The topological polar surface area (TPSA) is 84.1 Å². The summed E-state index contributed by atoms with van der Waals surface area (Å²) in [4.78, 5) is 24.2. The van der Waals surface area contributed by atoms with Crippen molar-refractivity contribution in [3.8, 4) is 0 Å². The highest BCUT2D eigenvalue weighted by atomic mass is 16.5. The molecule has 6 nitrogen and oxygen atoms in total. The maximum absolute atomic E-state index is 12.4. The van der Waals surface area contributed by atoms with Crippen LogP contribution in [0.2, 0.25) is 0 Å². The number of nitrogens with zero attached hydrogens (tertiary/aromatic N) is 1. The van der Waals surface area contributed by atoms with E-state index in [2.05, 4.69) is 22.4 Å². The van der Waals surface area contributed by atoms with Gasteiger partial charge in [-0.1, -0.05) is 25.1 Å². The third kappa shape index (κ3) is 2.62. The summed E-state index contributed by atoms with van der Waals surface area (Å²) >= 11 is 0. The van der Waals surface area contributed by atoms with Crippen LogP contribution in [-0.4, -0.2) is 35.9 Å². The van der Waals surface area contributed by atoms with E-state index in [9.17, 15) is 9.59 Å². The van der Waals surface area contributed by atoms with Gasteiger partial charge in [-0.05, 0) is 13.0 Å². The Labute approximate surface area is 127 Å². The molecule has 2 aromatic rings. The normalized spacial score (nSPS) is 17.7. The molecule has 1 saturated heterocycles. The lowest BCUT2D eigenvalue weighted by Crippen LogP contribution is -2.49. The molecule has 2 N–H and O–H groups in total. The number of hydrogen-bond donors (Lipinski definition) is 2. The van der Waals surface area contributed by atoms with Crippen molar-refractivity contribution in [1.29, 1.82) is 0 Å². The molecule has 1 atom stereocenters. The molecule has 0 bridgehead atoms. The van der Waals surface area contributed by atoms with Gasteiger partial charge in [0, 0.05) is 17.3 Å². The third-order valence-corrected chi connectivity index (χ3v) is 4.12. The number of aromatic amines is 1. The SMILES string of the molecule is CC(C(=O)NCC1(C)COC1)c1n[nH]c(=O)c2ccccc12. The van der Waals surface area contributed by atoms with Crippen LogP contribution in [0.4, 0.5) is 0 Å². The lowest BCUT2D eigenvalue weighted by molar-refractivity contribution is -0.127. The van der Waals surface area contributed by atoms with Gasteiger partial charge in [0.25, 0.3) is 5.56 Å². The van der Waals surface area contributed by atoms with Gasteiger partial charge in [0.2, 0.25) is 5.91 Å². The van der Waals surface area contributed by atoms with E-state index < -0.39 is 5.92 Å². The van der Waals surface area contributed by atoms with Crippen molar-refractivity contribution in [1.82, 2.24) is 15.5 Å². The lowest BCUT2D eigenvalue weighted by Gasteiger charge is -2.38. The Morgan fingerprint density at radius 1 is 1.41 bits per heavy atom. The van der Waals surface area contributed by atoms with Crippen LogP contribution in [0, 0.1) is 5.41 Å². The Kier molecular flexibility index (Phi) is 3.70. The summed E-state index contributed by atoms with van der Waals surface area (Å²) in [5.74, 6) is -0.538. The molecular weight excluding hydrogens is 282 g/mol. The Morgan fingerprint density at radius 3 is 2.73 bits per heavy atom. The van der Waals surface area contributed by atoms with Crippen molar-refractivity contribution in [2.24, 2.45) is 5.41 Å². The molecule has 1 aliphatic heterocycles. The molecular formula is C16H19N3O3. The minimum Gasteiger partial charge on any atom is -0.380 e.